The summed E-state index contributed by atoms with van der Waals surface area (Å²) in [7, 11) is 0. The molecule has 6 heteroatoms. The predicted octanol–water partition coefficient (Wildman–Crippen LogP) is 0.614. The number of aliphatic carboxylic acids is 1. The highest BCUT2D eigenvalue weighted by atomic mass is 16.4. The molecule has 1 aliphatic heterocycles. The molecule has 112 valence electrons. The van der Waals surface area contributed by atoms with Crippen LogP contribution in [-0.2, 0) is 14.4 Å². The molecule has 2 N–H and O–H groups in total. The molecule has 1 saturated carbocycles. The normalized spacial score (nSPS) is 23.8. The molecule has 0 bridgehead atoms. The number of hydrogen-bond acceptors (Lipinski definition) is 3. The minimum Gasteiger partial charge on any atom is -0.480 e. The van der Waals surface area contributed by atoms with Crippen LogP contribution in [0.2, 0.25) is 0 Å². The SMILES string of the molecule is CCC[C@@H](NC(=O)C1CC(=O)N(CC2CC2)C1)C(=O)O. The molecule has 1 saturated heterocycles. The lowest BCUT2D eigenvalue weighted by atomic mass is 10.1. The number of carbonyl (C=O) groups is 3. The van der Waals surface area contributed by atoms with E-state index in [1.807, 2.05) is 6.92 Å². The smallest absolute Gasteiger partial charge is 0.326 e. The number of carboxylic acids is 1. The minimum atomic E-state index is -1.01. The zero-order valence-corrected chi connectivity index (χ0v) is 11.8. The van der Waals surface area contributed by atoms with Gasteiger partial charge in [-0.2, -0.15) is 0 Å². The fourth-order valence-electron chi connectivity index (χ4n) is 2.57. The molecule has 2 aliphatic rings. The topological polar surface area (TPSA) is 86.7 Å². The third-order valence-electron chi connectivity index (χ3n) is 3.95. The number of carbonyl (C=O) groups excluding carboxylic acids is 2. The molecule has 2 atom stereocenters. The lowest BCUT2D eigenvalue weighted by Crippen LogP contribution is -2.44. The Hall–Kier alpha value is -1.59. The van der Waals surface area contributed by atoms with Gasteiger partial charge in [-0.05, 0) is 25.2 Å². The first-order chi connectivity index (χ1) is 9.51. The van der Waals surface area contributed by atoms with E-state index in [2.05, 4.69) is 5.32 Å². The molecule has 0 aromatic heterocycles. The number of rotatable bonds is 7. The van der Waals surface area contributed by atoms with Crippen molar-refractivity contribution in [2.75, 3.05) is 13.1 Å². The molecule has 6 nitrogen and oxygen atoms in total. The van der Waals surface area contributed by atoms with Crippen molar-refractivity contribution in [2.24, 2.45) is 11.8 Å². The van der Waals surface area contributed by atoms with E-state index in [9.17, 15) is 14.4 Å². The second-order valence-corrected chi connectivity index (χ2v) is 5.83. The fraction of sp³-hybridized carbons (Fsp3) is 0.786. The van der Waals surface area contributed by atoms with Gasteiger partial charge in [0, 0.05) is 19.5 Å². The first-order valence-electron chi connectivity index (χ1n) is 7.32. The van der Waals surface area contributed by atoms with Crippen LogP contribution in [-0.4, -0.2) is 46.9 Å². The molecular formula is C14H22N2O4. The monoisotopic (exact) mass is 282 g/mol. The van der Waals surface area contributed by atoms with Crippen molar-refractivity contribution in [1.29, 1.82) is 0 Å². The highest BCUT2D eigenvalue weighted by Crippen LogP contribution is 2.32. The third-order valence-corrected chi connectivity index (χ3v) is 3.95. The van der Waals surface area contributed by atoms with E-state index in [1.165, 1.54) is 0 Å². The predicted molar refractivity (Wildman–Crippen MR) is 71.9 cm³/mol. The van der Waals surface area contributed by atoms with E-state index in [1.54, 1.807) is 4.90 Å². The van der Waals surface area contributed by atoms with Crippen molar-refractivity contribution in [2.45, 2.75) is 45.1 Å². The number of nitrogens with one attached hydrogen (secondary N) is 1. The highest BCUT2D eigenvalue weighted by molar-refractivity contribution is 5.91. The highest BCUT2D eigenvalue weighted by Gasteiger charge is 2.37. The van der Waals surface area contributed by atoms with Gasteiger partial charge in [-0.1, -0.05) is 13.3 Å². The lowest BCUT2D eigenvalue weighted by Gasteiger charge is -2.18. The molecule has 0 aromatic rings. The molecule has 0 aromatic carbocycles. The van der Waals surface area contributed by atoms with Crippen molar-refractivity contribution in [3.8, 4) is 0 Å². The van der Waals surface area contributed by atoms with Gasteiger partial charge in [-0.15, -0.1) is 0 Å². The van der Waals surface area contributed by atoms with Gasteiger partial charge < -0.3 is 15.3 Å². The van der Waals surface area contributed by atoms with Gasteiger partial charge >= 0.3 is 5.97 Å². The van der Waals surface area contributed by atoms with Crippen LogP contribution < -0.4 is 5.32 Å². The maximum Gasteiger partial charge on any atom is 0.326 e. The van der Waals surface area contributed by atoms with Gasteiger partial charge in [0.2, 0.25) is 11.8 Å². The van der Waals surface area contributed by atoms with Crippen LogP contribution in [0.3, 0.4) is 0 Å². The summed E-state index contributed by atoms with van der Waals surface area (Å²) < 4.78 is 0. The van der Waals surface area contributed by atoms with E-state index >= 15 is 0 Å². The van der Waals surface area contributed by atoms with E-state index in [0.29, 0.717) is 25.3 Å². The summed E-state index contributed by atoms with van der Waals surface area (Å²) in [6.45, 7) is 3.05. The zero-order valence-electron chi connectivity index (χ0n) is 11.8. The molecular weight excluding hydrogens is 260 g/mol. The van der Waals surface area contributed by atoms with Gasteiger partial charge in [0.1, 0.15) is 6.04 Å². The number of likely N-dealkylation sites (tertiary alicyclic amines) is 1. The quantitative estimate of drug-likeness (QED) is 0.716. The summed E-state index contributed by atoms with van der Waals surface area (Å²) in [5.41, 5.74) is 0. The van der Waals surface area contributed by atoms with Gasteiger partial charge in [0.15, 0.2) is 0 Å². The van der Waals surface area contributed by atoms with Crippen LogP contribution in [0.1, 0.15) is 39.0 Å². The third kappa shape index (κ3) is 3.71. The van der Waals surface area contributed by atoms with Gasteiger partial charge in [-0.25, -0.2) is 4.79 Å². The second kappa shape index (κ2) is 6.24. The van der Waals surface area contributed by atoms with Gasteiger partial charge in [0.25, 0.3) is 0 Å². The molecule has 2 rings (SSSR count). The summed E-state index contributed by atoms with van der Waals surface area (Å²) in [5, 5.41) is 11.6. The maximum atomic E-state index is 12.1. The van der Waals surface area contributed by atoms with Crippen molar-refractivity contribution in [3.05, 3.63) is 0 Å². The van der Waals surface area contributed by atoms with Gasteiger partial charge in [0.05, 0.1) is 5.92 Å². The van der Waals surface area contributed by atoms with Crippen LogP contribution in [0.5, 0.6) is 0 Å². The Morgan fingerprint density at radius 2 is 2.15 bits per heavy atom. The van der Waals surface area contributed by atoms with Crippen molar-refractivity contribution < 1.29 is 19.5 Å². The zero-order chi connectivity index (χ0) is 14.7. The number of nitrogens with zero attached hydrogens (tertiary/aromatic N) is 1. The van der Waals surface area contributed by atoms with Crippen LogP contribution in [0.15, 0.2) is 0 Å². The Kier molecular flexibility index (Phi) is 4.62. The van der Waals surface area contributed by atoms with Crippen LogP contribution in [0.25, 0.3) is 0 Å². The van der Waals surface area contributed by atoms with Crippen molar-refractivity contribution >= 4 is 17.8 Å². The largest absolute Gasteiger partial charge is 0.480 e. The molecule has 0 spiro atoms. The molecule has 2 amide bonds. The van der Waals surface area contributed by atoms with Crippen LogP contribution in [0, 0.1) is 11.8 Å². The van der Waals surface area contributed by atoms with Gasteiger partial charge in [-0.3, -0.25) is 9.59 Å². The number of carboxylic acid groups (broad SMARTS) is 1. The molecule has 20 heavy (non-hydrogen) atoms. The average Bonchev–Trinajstić information content (AvgIpc) is 3.12. The summed E-state index contributed by atoms with van der Waals surface area (Å²) in [6.07, 6.45) is 3.63. The second-order valence-electron chi connectivity index (χ2n) is 5.83. The number of amides is 2. The molecule has 1 unspecified atom stereocenters. The lowest BCUT2D eigenvalue weighted by molar-refractivity contribution is -0.142. The standard InChI is InChI=1S/C14H22N2O4/c1-2-3-11(14(19)20)15-13(18)10-6-12(17)16(8-10)7-9-4-5-9/h9-11H,2-8H2,1H3,(H,15,18)(H,19,20)/t10?,11-/m1/s1. The Balaban J connectivity index is 1.85. The van der Waals surface area contributed by atoms with Crippen molar-refractivity contribution in [1.82, 2.24) is 10.2 Å². The van der Waals surface area contributed by atoms with E-state index < -0.39 is 17.9 Å². The molecule has 0 radical (unpaired) electrons. The minimum absolute atomic E-state index is 0.0133. The van der Waals surface area contributed by atoms with E-state index in [4.69, 9.17) is 5.11 Å². The molecule has 2 fully saturated rings. The Morgan fingerprint density at radius 1 is 1.45 bits per heavy atom. The maximum absolute atomic E-state index is 12.1. The van der Waals surface area contributed by atoms with E-state index in [0.717, 1.165) is 19.4 Å². The first-order valence-corrected chi connectivity index (χ1v) is 7.32. The Morgan fingerprint density at radius 3 is 2.70 bits per heavy atom. The summed E-state index contributed by atoms with van der Waals surface area (Å²) in [5.74, 6) is -1.11. The molecule has 1 aliphatic carbocycles. The summed E-state index contributed by atoms with van der Waals surface area (Å²) in [6, 6.07) is -0.847. The Labute approximate surface area is 118 Å². The summed E-state index contributed by atoms with van der Waals surface area (Å²) >= 11 is 0. The number of hydrogen-bond donors (Lipinski definition) is 2. The van der Waals surface area contributed by atoms with E-state index in [-0.39, 0.29) is 18.2 Å². The first kappa shape index (κ1) is 14.8. The summed E-state index contributed by atoms with van der Waals surface area (Å²) in [4.78, 5) is 36.7. The molecule has 1 heterocycles. The fourth-order valence-corrected chi connectivity index (χ4v) is 2.57. The van der Waals surface area contributed by atoms with Crippen molar-refractivity contribution in [3.63, 3.8) is 0 Å². The van der Waals surface area contributed by atoms with Crippen LogP contribution in [0.4, 0.5) is 0 Å². The average molecular weight is 282 g/mol. The van der Waals surface area contributed by atoms with Crippen LogP contribution >= 0.6 is 0 Å². The Bertz CT molecular complexity index is 406.